The number of benzene rings is 1. The average molecular weight is 603 g/mol. The van der Waals surface area contributed by atoms with Crippen molar-refractivity contribution in [1.29, 1.82) is 0 Å². The summed E-state index contributed by atoms with van der Waals surface area (Å²) in [7, 11) is 1.99. The number of nitrogens with one attached hydrogen (secondary N) is 1. The second-order valence-electron chi connectivity index (χ2n) is 10.1. The Morgan fingerprint density at radius 1 is 1.34 bits per heavy atom. The minimum absolute atomic E-state index is 0.0309. The molecule has 0 spiro atoms. The lowest BCUT2D eigenvalue weighted by Gasteiger charge is -2.42. The monoisotopic (exact) mass is 602 g/mol. The fraction of sp³-hybridized carbons (Fsp3) is 0.464. The number of aliphatic carboxylic acids is 1. The molecule has 2 aromatic rings. The molecule has 4 rings (SSSR count). The van der Waals surface area contributed by atoms with Crippen LogP contribution in [-0.2, 0) is 19.1 Å². The first-order chi connectivity index (χ1) is 19.7. The quantitative estimate of drug-likeness (QED) is 0.278. The Labute approximate surface area is 248 Å². The largest absolute Gasteiger partial charge is 0.481 e. The molecule has 220 valence electrons. The summed E-state index contributed by atoms with van der Waals surface area (Å²) >= 11 is 8.05. The first-order valence-electron chi connectivity index (χ1n) is 13.5. The van der Waals surface area contributed by atoms with Crippen LogP contribution in [0.25, 0.3) is 0 Å². The van der Waals surface area contributed by atoms with Crippen LogP contribution in [0.15, 0.2) is 52.1 Å². The minimum Gasteiger partial charge on any atom is -0.481 e. The maximum Gasteiger partial charge on any atom is 0.338 e. The molecule has 3 atom stereocenters. The lowest BCUT2D eigenvalue weighted by molar-refractivity contribution is -0.142. The summed E-state index contributed by atoms with van der Waals surface area (Å²) in [4.78, 5) is 51.8. The molecule has 2 unspecified atom stereocenters. The third kappa shape index (κ3) is 7.50. The Morgan fingerprint density at radius 3 is 2.78 bits per heavy atom. The fourth-order valence-electron chi connectivity index (χ4n) is 4.98. The highest BCUT2D eigenvalue weighted by Crippen LogP contribution is 2.36. The average Bonchev–Trinajstić information content (AvgIpc) is 3.49. The van der Waals surface area contributed by atoms with Gasteiger partial charge in [-0.05, 0) is 20.0 Å². The zero-order valence-electron chi connectivity index (χ0n) is 23.3. The predicted octanol–water partition coefficient (Wildman–Crippen LogP) is 2.50. The number of esters is 1. The van der Waals surface area contributed by atoms with Crippen LogP contribution in [0.1, 0.15) is 30.5 Å². The van der Waals surface area contributed by atoms with Crippen LogP contribution in [0.2, 0.25) is 5.02 Å². The predicted molar refractivity (Wildman–Crippen MR) is 157 cm³/mol. The number of ether oxygens (including phenoxy) is 1. The number of rotatable bonds is 12. The minimum atomic E-state index is -0.942. The van der Waals surface area contributed by atoms with E-state index in [0.29, 0.717) is 58.7 Å². The number of aromatic nitrogens is 1. The molecule has 2 aliphatic heterocycles. The number of carbonyl (C=O) groups is 3. The summed E-state index contributed by atoms with van der Waals surface area (Å²) in [5, 5.41) is 15.7. The van der Waals surface area contributed by atoms with E-state index in [4.69, 9.17) is 21.3 Å². The second-order valence-corrected chi connectivity index (χ2v) is 11.4. The van der Waals surface area contributed by atoms with Gasteiger partial charge in [-0.2, -0.15) is 0 Å². The number of carboxylic acids is 1. The summed E-state index contributed by atoms with van der Waals surface area (Å²) in [6.07, 6.45) is 2.41. The van der Waals surface area contributed by atoms with E-state index in [0.717, 1.165) is 13.1 Å². The number of carbonyl (C=O) groups excluding carboxylic acids is 2. The van der Waals surface area contributed by atoms with E-state index in [2.05, 4.69) is 20.1 Å². The lowest BCUT2D eigenvalue weighted by Crippen LogP contribution is -2.56. The van der Waals surface area contributed by atoms with Crippen LogP contribution in [0, 0.1) is 5.92 Å². The van der Waals surface area contributed by atoms with Gasteiger partial charge in [0.1, 0.15) is 6.04 Å². The molecule has 1 amide bonds. The number of piperazine rings is 1. The molecule has 0 radical (unpaired) electrons. The Hall–Kier alpha value is -3.32. The molecule has 0 aliphatic carbocycles. The molecular weight excluding hydrogens is 568 g/mol. The molecule has 41 heavy (non-hydrogen) atoms. The van der Waals surface area contributed by atoms with Crippen molar-refractivity contribution in [3.8, 4) is 0 Å². The van der Waals surface area contributed by atoms with Gasteiger partial charge in [-0.25, -0.2) is 9.78 Å². The van der Waals surface area contributed by atoms with Gasteiger partial charge in [0, 0.05) is 73.2 Å². The van der Waals surface area contributed by atoms with Crippen molar-refractivity contribution in [2.45, 2.75) is 25.9 Å². The van der Waals surface area contributed by atoms with Crippen LogP contribution in [0.5, 0.6) is 0 Å². The number of hydrogen-bond acceptors (Lipinski definition) is 10. The highest BCUT2D eigenvalue weighted by atomic mass is 35.5. The van der Waals surface area contributed by atoms with Gasteiger partial charge in [0.25, 0.3) is 0 Å². The molecular formula is C28H35ClN6O5S. The summed E-state index contributed by atoms with van der Waals surface area (Å²) in [6.45, 7) is 6.54. The number of nitrogens with zero attached hydrogens (tertiary/aromatic N) is 5. The number of amidine groups is 1. The number of carboxylic acid groups (broad SMARTS) is 1. The fourth-order valence-corrected chi connectivity index (χ4v) is 5.80. The summed E-state index contributed by atoms with van der Waals surface area (Å²) in [5.41, 5.74) is 1.74. The zero-order valence-corrected chi connectivity index (χ0v) is 24.9. The maximum atomic E-state index is 13.4. The van der Waals surface area contributed by atoms with Crippen molar-refractivity contribution in [2.24, 2.45) is 10.9 Å². The Kier molecular flexibility index (Phi) is 10.5. The van der Waals surface area contributed by atoms with Crippen molar-refractivity contribution in [3.05, 3.63) is 62.7 Å². The van der Waals surface area contributed by atoms with E-state index >= 15 is 0 Å². The smallest absolute Gasteiger partial charge is 0.338 e. The lowest BCUT2D eigenvalue weighted by atomic mass is 9.95. The van der Waals surface area contributed by atoms with Gasteiger partial charge in [-0.1, -0.05) is 36.7 Å². The summed E-state index contributed by atoms with van der Waals surface area (Å²) in [5.74, 6) is -1.53. The molecule has 0 saturated carbocycles. The molecule has 1 aromatic heterocycles. The third-order valence-corrected chi connectivity index (χ3v) is 8.35. The SMILES string of the molecule is CCOC(=O)C1=C(CN2CCN(C)C(CN(C=O)CC(C)C(=O)O)C2)NC(c2nccs2)=N[C@H]1c1ccccc1Cl. The zero-order chi connectivity index (χ0) is 29.5. The number of halogens is 1. The van der Waals surface area contributed by atoms with Crippen LogP contribution in [0.4, 0.5) is 0 Å². The summed E-state index contributed by atoms with van der Waals surface area (Å²) in [6, 6.07) is 6.60. The van der Waals surface area contributed by atoms with E-state index in [1.54, 1.807) is 26.1 Å². The van der Waals surface area contributed by atoms with Gasteiger partial charge in [-0.15, -0.1) is 11.3 Å². The van der Waals surface area contributed by atoms with E-state index in [1.165, 1.54) is 16.2 Å². The van der Waals surface area contributed by atoms with Crippen molar-refractivity contribution in [1.82, 2.24) is 25.0 Å². The third-order valence-electron chi connectivity index (χ3n) is 7.22. The molecule has 2 aliphatic rings. The van der Waals surface area contributed by atoms with Gasteiger partial charge >= 0.3 is 11.9 Å². The molecule has 11 nitrogen and oxygen atoms in total. The van der Waals surface area contributed by atoms with E-state index in [-0.39, 0.29) is 19.2 Å². The van der Waals surface area contributed by atoms with E-state index < -0.39 is 23.9 Å². The van der Waals surface area contributed by atoms with Crippen molar-refractivity contribution in [3.63, 3.8) is 0 Å². The Bertz CT molecular complexity index is 1300. The number of hydrogen-bond donors (Lipinski definition) is 2. The normalized spacial score (nSPS) is 20.6. The maximum absolute atomic E-state index is 13.4. The molecule has 0 bridgehead atoms. The molecule has 1 saturated heterocycles. The topological polar surface area (TPSA) is 128 Å². The number of amides is 1. The molecule has 13 heteroatoms. The number of likely N-dealkylation sites (N-methyl/N-ethyl adjacent to an activating group) is 1. The van der Waals surface area contributed by atoms with Crippen LogP contribution in [-0.4, -0.2) is 108 Å². The molecule has 1 fully saturated rings. The van der Waals surface area contributed by atoms with Crippen molar-refractivity contribution in [2.75, 3.05) is 52.9 Å². The van der Waals surface area contributed by atoms with E-state index in [1.807, 2.05) is 30.6 Å². The van der Waals surface area contributed by atoms with E-state index in [9.17, 15) is 19.5 Å². The number of thiazole rings is 1. The van der Waals surface area contributed by atoms with Gasteiger partial charge in [0.15, 0.2) is 10.8 Å². The first-order valence-corrected chi connectivity index (χ1v) is 14.7. The van der Waals surface area contributed by atoms with Crippen molar-refractivity contribution < 1.29 is 24.2 Å². The second kappa shape index (κ2) is 14.0. The Balaban J connectivity index is 1.64. The van der Waals surface area contributed by atoms with Gasteiger partial charge < -0.3 is 20.1 Å². The van der Waals surface area contributed by atoms with Crippen molar-refractivity contribution >= 4 is 47.1 Å². The highest BCUT2D eigenvalue weighted by Gasteiger charge is 2.36. The van der Waals surface area contributed by atoms with Gasteiger partial charge in [0.2, 0.25) is 6.41 Å². The van der Waals surface area contributed by atoms with Crippen LogP contribution >= 0.6 is 22.9 Å². The van der Waals surface area contributed by atoms with Gasteiger partial charge in [-0.3, -0.25) is 24.4 Å². The van der Waals surface area contributed by atoms with Crippen LogP contribution in [0.3, 0.4) is 0 Å². The summed E-state index contributed by atoms with van der Waals surface area (Å²) < 4.78 is 5.50. The van der Waals surface area contributed by atoms with Crippen LogP contribution < -0.4 is 5.32 Å². The first kappa shape index (κ1) is 30.6. The number of aliphatic imine (C=N–C) groups is 1. The van der Waals surface area contributed by atoms with Gasteiger partial charge in [0.05, 0.1) is 18.1 Å². The standard InChI is InChI=1S/C28H35ClN6O5S/c1-4-40-28(39)23-22(16-34-11-10-33(3)19(14-34)15-35(17-36)13-18(2)27(37)38)31-25(26-30-9-12-41-26)32-24(23)20-7-5-6-8-21(20)29/h5-9,12,17-19,24H,4,10-11,13-16H2,1-3H3,(H,31,32)(H,37,38)/t18?,19?,24-/m0/s1. The molecule has 3 heterocycles. The molecule has 1 aromatic carbocycles. The Morgan fingerprint density at radius 2 is 2.12 bits per heavy atom. The molecule has 2 N–H and O–H groups in total. The highest BCUT2D eigenvalue weighted by molar-refractivity contribution is 7.11.